The molecule has 1 unspecified atom stereocenters. The number of nitrogens with one attached hydrogen (secondary N) is 2. The van der Waals surface area contributed by atoms with Crippen molar-refractivity contribution in [1.82, 2.24) is 10.6 Å². The van der Waals surface area contributed by atoms with Crippen molar-refractivity contribution in [3.05, 3.63) is 59.7 Å². The van der Waals surface area contributed by atoms with Crippen LogP contribution in [0.5, 0.6) is 5.75 Å². The van der Waals surface area contributed by atoms with Crippen molar-refractivity contribution in [1.29, 1.82) is 0 Å². The number of aliphatic hydroxyl groups is 1. The van der Waals surface area contributed by atoms with Crippen LogP contribution in [0.15, 0.2) is 53.5 Å². The van der Waals surface area contributed by atoms with Gasteiger partial charge in [-0.05, 0) is 56.5 Å². The Hall–Kier alpha value is -2.33. The molecule has 0 spiro atoms. The number of benzene rings is 2. The highest BCUT2D eigenvalue weighted by molar-refractivity contribution is 14.0. The number of para-hydroxylation sites is 1. The van der Waals surface area contributed by atoms with E-state index in [2.05, 4.69) is 21.7 Å². The molecule has 0 aromatic heterocycles. The molecular formula is C24H33IN4O3. The third-order valence-electron chi connectivity index (χ3n) is 4.98. The van der Waals surface area contributed by atoms with Crippen LogP contribution >= 0.6 is 24.0 Å². The number of hydrogen-bond donors (Lipinski definition) is 3. The van der Waals surface area contributed by atoms with E-state index >= 15 is 0 Å². The molecule has 1 atom stereocenters. The van der Waals surface area contributed by atoms with Crippen LogP contribution in [-0.2, 0) is 11.2 Å². The van der Waals surface area contributed by atoms with E-state index in [1.807, 2.05) is 63.2 Å². The number of aliphatic hydroxyl groups excluding tert-OH is 1. The molecule has 1 aliphatic rings. The molecule has 2 aromatic rings. The first kappa shape index (κ1) is 25.9. The van der Waals surface area contributed by atoms with Gasteiger partial charge in [0.25, 0.3) is 0 Å². The highest BCUT2D eigenvalue weighted by Crippen LogP contribution is 2.27. The molecule has 2 aromatic carbocycles. The summed E-state index contributed by atoms with van der Waals surface area (Å²) in [5.74, 6) is 1.18. The smallest absolute Gasteiger partial charge is 0.248 e. The molecule has 0 saturated carbocycles. The van der Waals surface area contributed by atoms with Gasteiger partial charge >= 0.3 is 0 Å². The second-order valence-corrected chi connectivity index (χ2v) is 7.76. The second kappa shape index (κ2) is 12.6. The Morgan fingerprint density at radius 1 is 1.19 bits per heavy atom. The summed E-state index contributed by atoms with van der Waals surface area (Å²) in [6, 6.07) is 15.4. The van der Waals surface area contributed by atoms with Crippen LogP contribution in [0, 0.1) is 0 Å². The maximum atomic E-state index is 12.7. The summed E-state index contributed by atoms with van der Waals surface area (Å²) in [4.78, 5) is 18.9. The summed E-state index contributed by atoms with van der Waals surface area (Å²) in [6.45, 7) is 7.53. The first-order valence-corrected chi connectivity index (χ1v) is 10.8. The van der Waals surface area contributed by atoms with E-state index in [0.717, 1.165) is 23.4 Å². The molecule has 0 saturated heterocycles. The predicted molar refractivity (Wildman–Crippen MR) is 139 cm³/mol. The zero-order valence-electron chi connectivity index (χ0n) is 18.9. The van der Waals surface area contributed by atoms with Gasteiger partial charge in [0.2, 0.25) is 5.91 Å². The molecule has 1 amide bonds. The van der Waals surface area contributed by atoms with Crippen molar-refractivity contribution in [3.8, 4) is 5.75 Å². The Bertz CT molecular complexity index is 920. The number of halogens is 1. The Morgan fingerprint density at radius 2 is 1.97 bits per heavy atom. The normalized spacial score (nSPS) is 13.9. The van der Waals surface area contributed by atoms with Crippen LogP contribution in [0.4, 0.5) is 5.69 Å². The number of nitrogens with zero attached hydrogens (tertiary/aromatic N) is 2. The minimum Gasteiger partial charge on any atom is -0.491 e. The van der Waals surface area contributed by atoms with E-state index in [0.29, 0.717) is 19.0 Å². The fraction of sp³-hybridized carbons (Fsp3) is 0.417. The average Bonchev–Trinajstić information content (AvgIpc) is 3.19. The predicted octanol–water partition coefficient (Wildman–Crippen LogP) is 3.27. The van der Waals surface area contributed by atoms with Gasteiger partial charge in [0.05, 0.1) is 12.2 Å². The zero-order chi connectivity index (χ0) is 22.2. The van der Waals surface area contributed by atoms with Gasteiger partial charge in [-0.1, -0.05) is 30.3 Å². The van der Waals surface area contributed by atoms with Crippen molar-refractivity contribution in [2.24, 2.45) is 4.99 Å². The standard InChI is InChI=1S/C24H32N4O3.HI/c1-4-25-24(26-15-22(29)19-9-7-10-20(14-19)31-17(2)3)27-16-23(30)28-13-12-18-8-5-6-11-21(18)28;/h5-11,14,17,22,29H,4,12-13,15-16H2,1-3H3,(H2,25,26,27);1H. The Kier molecular flexibility index (Phi) is 10.2. The van der Waals surface area contributed by atoms with Crippen LogP contribution in [0.1, 0.15) is 38.0 Å². The molecule has 1 heterocycles. The first-order valence-electron chi connectivity index (χ1n) is 10.8. The van der Waals surface area contributed by atoms with E-state index in [-0.39, 0.29) is 49.1 Å². The van der Waals surface area contributed by atoms with E-state index in [4.69, 9.17) is 4.74 Å². The maximum Gasteiger partial charge on any atom is 0.248 e. The van der Waals surface area contributed by atoms with Gasteiger partial charge in [0.1, 0.15) is 12.3 Å². The van der Waals surface area contributed by atoms with Gasteiger partial charge < -0.3 is 25.4 Å². The Morgan fingerprint density at radius 3 is 2.72 bits per heavy atom. The molecule has 0 fully saturated rings. The summed E-state index contributed by atoms with van der Waals surface area (Å²) in [7, 11) is 0. The van der Waals surface area contributed by atoms with Crippen LogP contribution in [0.3, 0.4) is 0 Å². The molecule has 174 valence electrons. The van der Waals surface area contributed by atoms with Gasteiger partial charge in [-0.25, -0.2) is 4.99 Å². The lowest BCUT2D eigenvalue weighted by Gasteiger charge is -2.18. The molecule has 0 aliphatic carbocycles. The highest BCUT2D eigenvalue weighted by Gasteiger charge is 2.23. The SMILES string of the molecule is CCNC(=NCC(=O)N1CCc2ccccc21)NCC(O)c1cccc(OC(C)C)c1.I. The molecule has 3 N–H and O–H groups in total. The average molecular weight is 552 g/mol. The number of hydrogen-bond acceptors (Lipinski definition) is 4. The van der Waals surface area contributed by atoms with Gasteiger partial charge in [0, 0.05) is 25.3 Å². The van der Waals surface area contributed by atoms with Crippen LogP contribution in [0.2, 0.25) is 0 Å². The van der Waals surface area contributed by atoms with Crippen LogP contribution in [0.25, 0.3) is 0 Å². The molecule has 3 rings (SSSR count). The molecule has 7 nitrogen and oxygen atoms in total. The molecule has 1 aliphatic heterocycles. The third kappa shape index (κ3) is 7.09. The van der Waals surface area contributed by atoms with Gasteiger partial charge in [-0.15, -0.1) is 24.0 Å². The quantitative estimate of drug-likeness (QED) is 0.266. The van der Waals surface area contributed by atoms with Gasteiger partial charge in [-0.3, -0.25) is 4.79 Å². The lowest BCUT2D eigenvalue weighted by atomic mass is 10.1. The molecule has 32 heavy (non-hydrogen) atoms. The Balaban J connectivity index is 0.00000363. The summed E-state index contributed by atoms with van der Waals surface area (Å²) in [6.07, 6.45) is 0.203. The first-order chi connectivity index (χ1) is 15.0. The number of rotatable bonds is 8. The topological polar surface area (TPSA) is 86.2 Å². The van der Waals surface area contributed by atoms with Crippen LogP contribution in [-0.4, -0.2) is 49.3 Å². The van der Waals surface area contributed by atoms with E-state index in [9.17, 15) is 9.90 Å². The second-order valence-electron chi connectivity index (χ2n) is 7.76. The summed E-state index contributed by atoms with van der Waals surface area (Å²) in [5, 5.41) is 16.8. The largest absolute Gasteiger partial charge is 0.491 e. The van der Waals surface area contributed by atoms with Crippen molar-refractivity contribution in [2.45, 2.75) is 39.4 Å². The number of ether oxygens (including phenoxy) is 1. The van der Waals surface area contributed by atoms with Crippen molar-refractivity contribution in [3.63, 3.8) is 0 Å². The van der Waals surface area contributed by atoms with Gasteiger partial charge in [0.15, 0.2) is 5.96 Å². The molecule has 0 bridgehead atoms. The van der Waals surface area contributed by atoms with E-state index in [1.54, 1.807) is 4.90 Å². The lowest BCUT2D eigenvalue weighted by molar-refractivity contribution is -0.117. The Labute approximate surface area is 207 Å². The monoisotopic (exact) mass is 552 g/mol. The summed E-state index contributed by atoms with van der Waals surface area (Å²) < 4.78 is 5.70. The number of carbonyl (C=O) groups excluding carboxylic acids is 1. The third-order valence-corrected chi connectivity index (χ3v) is 4.98. The number of fused-ring (bicyclic) bond motifs is 1. The fourth-order valence-electron chi connectivity index (χ4n) is 3.55. The minimum atomic E-state index is -0.735. The van der Waals surface area contributed by atoms with Crippen molar-refractivity contribution >= 4 is 41.5 Å². The van der Waals surface area contributed by atoms with Crippen molar-refractivity contribution in [2.75, 3.05) is 31.1 Å². The maximum absolute atomic E-state index is 12.7. The number of aliphatic imine (C=N–C) groups is 1. The lowest BCUT2D eigenvalue weighted by Crippen LogP contribution is -2.40. The highest BCUT2D eigenvalue weighted by atomic mass is 127. The molecule has 0 radical (unpaired) electrons. The summed E-state index contributed by atoms with van der Waals surface area (Å²) in [5.41, 5.74) is 2.92. The van der Waals surface area contributed by atoms with E-state index < -0.39 is 6.10 Å². The summed E-state index contributed by atoms with van der Waals surface area (Å²) >= 11 is 0. The number of anilines is 1. The molecular weight excluding hydrogens is 519 g/mol. The molecule has 8 heteroatoms. The zero-order valence-corrected chi connectivity index (χ0v) is 21.2. The van der Waals surface area contributed by atoms with E-state index in [1.165, 1.54) is 5.56 Å². The number of amides is 1. The number of carbonyl (C=O) groups is 1. The fourth-order valence-corrected chi connectivity index (χ4v) is 3.55. The number of guanidine groups is 1. The van der Waals surface area contributed by atoms with Gasteiger partial charge in [-0.2, -0.15) is 0 Å². The van der Waals surface area contributed by atoms with Crippen molar-refractivity contribution < 1.29 is 14.6 Å². The van der Waals surface area contributed by atoms with Crippen LogP contribution < -0.4 is 20.3 Å². The minimum absolute atomic E-state index is 0.